The molecule has 0 amide bonds. The van der Waals surface area contributed by atoms with E-state index in [-0.39, 0.29) is 6.23 Å². The molecule has 0 rings (SSSR count). The largest absolute Gasteiger partial charge is 0.361 e. The molecule has 0 fully saturated rings. The molecule has 4 heteroatoms. The molecule has 0 saturated carbocycles. The van der Waals surface area contributed by atoms with Gasteiger partial charge in [0.15, 0.2) is 5.56 Å². The van der Waals surface area contributed by atoms with E-state index in [0.717, 1.165) is 12.0 Å². The Labute approximate surface area is 85.0 Å². The Kier molecular flexibility index (Phi) is 7.28. The zero-order valence-electron chi connectivity index (χ0n) is 8.47. The van der Waals surface area contributed by atoms with E-state index >= 15 is 0 Å². The topological polar surface area (TPSA) is 30.5 Å². The molecule has 0 spiro atoms. The third-order valence-electron chi connectivity index (χ3n) is 1.57. The van der Waals surface area contributed by atoms with Crippen molar-refractivity contribution in [1.82, 2.24) is 5.32 Å². The molecule has 3 nitrogen and oxygen atoms in total. The maximum atomic E-state index is 5.81. The summed E-state index contributed by atoms with van der Waals surface area (Å²) in [5.41, 5.74) is 0.633. The average molecular weight is 208 g/mol. The molecule has 0 aliphatic rings. The second-order valence-corrected chi connectivity index (χ2v) is 3.30. The van der Waals surface area contributed by atoms with Gasteiger partial charge in [0.05, 0.1) is 6.61 Å². The second kappa shape index (κ2) is 7.33. The van der Waals surface area contributed by atoms with Crippen molar-refractivity contribution in [2.45, 2.75) is 25.1 Å². The predicted molar refractivity (Wildman–Crippen MR) is 54.9 cm³/mol. The molecule has 1 N–H and O–H groups in total. The van der Waals surface area contributed by atoms with Crippen molar-refractivity contribution in [3.05, 3.63) is 12.2 Å². The molecule has 0 aromatic carbocycles. The van der Waals surface area contributed by atoms with E-state index in [4.69, 9.17) is 21.1 Å². The number of halogens is 1. The van der Waals surface area contributed by atoms with Crippen LogP contribution in [0.3, 0.4) is 0 Å². The van der Waals surface area contributed by atoms with Gasteiger partial charge in [-0.15, -0.1) is 6.58 Å². The quantitative estimate of drug-likeness (QED) is 0.392. The highest BCUT2D eigenvalue weighted by Gasteiger charge is 2.16. The number of rotatable bonds is 7. The summed E-state index contributed by atoms with van der Waals surface area (Å²) >= 11 is 5.81. The fourth-order valence-corrected chi connectivity index (χ4v) is 0.972. The van der Waals surface area contributed by atoms with Crippen molar-refractivity contribution in [3.8, 4) is 0 Å². The van der Waals surface area contributed by atoms with Crippen LogP contribution in [0.15, 0.2) is 12.2 Å². The van der Waals surface area contributed by atoms with Gasteiger partial charge in [0, 0.05) is 7.11 Å². The third-order valence-corrected chi connectivity index (χ3v) is 1.98. The van der Waals surface area contributed by atoms with Crippen molar-refractivity contribution in [1.29, 1.82) is 0 Å². The molecule has 0 aliphatic heterocycles. The summed E-state index contributed by atoms with van der Waals surface area (Å²) < 4.78 is 10.3. The smallest absolute Gasteiger partial charge is 0.169 e. The lowest BCUT2D eigenvalue weighted by atomic mass is 10.3. The maximum Gasteiger partial charge on any atom is 0.169 e. The van der Waals surface area contributed by atoms with Crippen LogP contribution in [0.2, 0.25) is 0 Å². The number of hydrogen-bond acceptors (Lipinski definition) is 3. The minimum Gasteiger partial charge on any atom is -0.361 e. The SMILES string of the molecule is C=C(C)CCOC(NC)C(Cl)OC. The van der Waals surface area contributed by atoms with Crippen LogP contribution in [-0.4, -0.2) is 32.6 Å². The Hall–Kier alpha value is -0.0900. The van der Waals surface area contributed by atoms with Gasteiger partial charge in [-0.25, -0.2) is 0 Å². The Morgan fingerprint density at radius 3 is 2.62 bits per heavy atom. The van der Waals surface area contributed by atoms with Gasteiger partial charge in [-0.2, -0.15) is 0 Å². The highest BCUT2D eigenvalue weighted by molar-refractivity contribution is 6.20. The van der Waals surface area contributed by atoms with Gasteiger partial charge >= 0.3 is 0 Å². The summed E-state index contributed by atoms with van der Waals surface area (Å²) in [6, 6.07) is 0. The van der Waals surface area contributed by atoms with E-state index in [1.165, 1.54) is 0 Å². The number of alkyl halides is 1. The summed E-state index contributed by atoms with van der Waals surface area (Å²) in [5, 5.41) is 2.92. The van der Waals surface area contributed by atoms with E-state index in [2.05, 4.69) is 11.9 Å². The molecule has 78 valence electrons. The van der Waals surface area contributed by atoms with E-state index in [9.17, 15) is 0 Å². The molecule has 0 saturated heterocycles. The fourth-order valence-electron chi connectivity index (χ4n) is 0.774. The summed E-state index contributed by atoms with van der Waals surface area (Å²) in [6.07, 6.45) is 0.567. The standard InChI is InChI=1S/C9H18ClNO2/c1-7(2)5-6-13-9(11-3)8(10)12-4/h8-9,11H,1,5-6H2,2-4H3. The first-order valence-corrected chi connectivity index (χ1v) is 4.65. The molecule has 0 aromatic heterocycles. The molecule has 2 atom stereocenters. The second-order valence-electron chi connectivity index (χ2n) is 2.87. The molecule has 0 aliphatic carbocycles. The first-order valence-electron chi connectivity index (χ1n) is 4.22. The first kappa shape index (κ1) is 12.9. The van der Waals surface area contributed by atoms with Crippen LogP contribution in [0, 0.1) is 0 Å². The van der Waals surface area contributed by atoms with Crippen LogP contribution >= 0.6 is 11.6 Å². The van der Waals surface area contributed by atoms with Gasteiger partial charge in [0.25, 0.3) is 0 Å². The zero-order chi connectivity index (χ0) is 10.3. The number of likely N-dealkylation sites (N-methyl/N-ethyl adjacent to an activating group) is 1. The normalized spacial score (nSPS) is 15.4. The summed E-state index contributed by atoms with van der Waals surface area (Å²) in [7, 11) is 3.32. The molecular weight excluding hydrogens is 190 g/mol. The fraction of sp³-hybridized carbons (Fsp3) is 0.778. The van der Waals surface area contributed by atoms with E-state index in [1.807, 2.05) is 6.92 Å². The van der Waals surface area contributed by atoms with Crippen molar-refractivity contribution < 1.29 is 9.47 Å². The summed E-state index contributed by atoms with van der Waals surface area (Å²) in [5.74, 6) is 0. The van der Waals surface area contributed by atoms with Gasteiger partial charge < -0.3 is 9.47 Å². The van der Waals surface area contributed by atoms with Crippen molar-refractivity contribution >= 4 is 11.6 Å². The predicted octanol–water partition coefficient (Wildman–Crippen LogP) is 1.73. The lowest BCUT2D eigenvalue weighted by Crippen LogP contribution is -2.38. The molecular formula is C9H18ClNO2. The van der Waals surface area contributed by atoms with E-state index in [1.54, 1.807) is 14.2 Å². The van der Waals surface area contributed by atoms with Crippen LogP contribution in [0.1, 0.15) is 13.3 Å². The number of ether oxygens (including phenoxy) is 2. The molecule has 0 aromatic rings. The minimum atomic E-state index is -0.463. The summed E-state index contributed by atoms with van der Waals surface area (Å²) in [4.78, 5) is 0. The number of nitrogens with one attached hydrogen (secondary N) is 1. The molecule has 0 radical (unpaired) electrons. The van der Waals surface area contributed by atoms with Crippen LogP contribution in [0.5, 0.6) is 0 Å². The van der Waals surface area contributed by atoms with E-state index in [0.29, 0.717) is 6.61 Å². The molecule has 2 unspecified atom stereocenters. The maximum absolute atomic E-state index is 5.81. The van der Waals surface area contributed by atoms with Gasteiger partial charge in [0.2, 0.25) is 0 Å². The Morgan fingerprint density at radius 1 is 1.62 bits per heavy atom. The Bertz CT molecular complexity index is 153. The highest BCUT2D eigenvalue weighted by atomic mass is 35.5. The van der Waals surface area contributed by atoms with Crippen LogP contribution in [0.4, 0.5) is 0 Å². The molecule has 0 bridgehead atoms. The van der Waals surface area contributed by atoms with Gasteiger partial charge in [-0.3, -0.25) is 5.32 Å². The van der Waals surface area contributed by atoms with Crippen LogP contribution < -0.4 is 5.32 Å². The first-order chi connectivity index (χ1) is 6.11. The van der Waals surface area contributed by atoms with Crippen molar-refractivity contribution in [2.24, 2.45) is 0 Å². The average Bonchev–Trinajstić information content (AvgIpc) is 2.11. The van der Waals surface area contributed by atoms with E-state index < -0.39 is 5.56 Å². The van der Waals surface area contributed by atoms with Gasteiger partial charge in [0.1, 0.15) is 6.23 Å². The van der Waals surface area contributed by atoms with Crippen molar-refractivity contribution in [2.75, 3.05) is 20.8 Å². The molecule has 0 heterocycles. The number of hydrogen-bond donors (Lipinski definition) is 1. The van der Waals surface area contributed by atoms with Crippen LogP contribution in [0.25, 0.3) is 0 Å². The minimum absolute atomic E-state index is 0.272. The Morgan fingerprint density at radius 2 is 2.23 bits per heavy atom. The Balaban J connectivity index is 3.65. The van der Waals surface area contributed by atoms with Crippen LogP contribution in [-0.2, 0) is 9.47 Å². The third kappa shape index (κ3) is 6.05. The highest BCUT2D eigenvalue weighted by Crippen LogP contribution is 2.06. The lowest BCUT2D eigenvalue weighted by Gasteiger charge is -2.20. The lowest BCUT2D eigenvalue weighted by molar-refractivity contribution is -0.0342. The van der Waals surface area contributed by atoms with Gasteiger partial charge in [-0.1, -0.05) is 17.2 Å². The summed E-state index contributed by atoms with van der Waals surface area (Å²) in [6.45, 7) is 6.35. The molecule has 13 heavy (non-hydrogen) atoms. The zero-order valence-corrected chi connectivity index (χ0v) is 9.23. The monoisotopic (exact) mass is 207 g/mol. The number of methoxy groups -OCH3 is 1. The van der Waals surface area contributed by atoms with Crippen molar-refractivity contribution in [3.63, 3.8) is 0 Å². The van der Waals surface area contributed by atoms with Gasteiger partial charge in [-0.05, 0) is 20.4 Å².